The third-order valence-electron chi connectivity index (χ3n) is 4.91. The van der Waals surface area contributed by atoms with Crippen LogP contribution in [0.5, 0.6) is 0 Å². The predicted octanol–water partition coefficient (Wildman–Crippen LogP) is 2.69. The number of hydrogen-bond acceptors (Lipinski definition) is 4. The summed E-state index contributed by atoms with van der Waals surface area (Å²) in [6.07, 6.45) is 3.88. The summed E-state index contributed by atoms with van der Waals surface area (Å²) in [7, 11) is 2.12. The van der Waals surface area contributed by atoms with Crippen LogP contribution in [0.2, 0.25) is 0 Å². The summed E-state index contributed by atoms with van der Waals surface area (Å²) >= 11 is 0. The summed E-state index contributed by atoms with van der Waals surface area (Å²) in [4.78, 5) is 16.5. The molecule has 2 aromatic carbocycles. The minimum atomic E-state index is -0.588. The molecule has 0 saturated carbocycles. The second kappa shape index (κ2) is 7.25. The lowest BCUT2D eigenvalue weighted by molar-refractivity contribution is 0.248. The molecule has 0 atom stereocenters. The Morgan fingerprint density at radius 1 is 1.15 bits per heavy atom. The zero-order valence-corrected chi connectivity index (χ0v) is 15.3. The topological polar surface area (TPSA) is 67.4 Å². The first-order valence-electron chi connectivity index (χ1n) is 9.03. The molecule has 0 spiro atoms. The largest absolute Gasteiger partial charge is 0.368 e. The SMILES string of the molecule is CN1CCN(c2[c]cc3c(C=Cc4ccccc4)nn(C(N)=O)c3c2)CC1. The van der Waals surface area contributed by atoms with Crippen molar-refractivity contribution >= 4 is 34.8 Å². The molecule has 1 saturated heterocycles. The van der Waals surface area contributed by atoms with Gasteiger partial charge in [-0.2, -0.15) is 9.78 Å². The number of piperazine rings is 1. The molecule has 6 nitrogen and oxygen atoms in total. The Labute approximate surface area is 158 Å². The first-order valence-corrected chi connectivity index (χ1v) is 9.03. The Bertz CT molecular complexity index is 984. The molecule has 3 aromatic rings. The molecule has 1 aliphatic rings. The maximum Gasteiger partial charge on any atom is 0.340 e. The van der Waals surface area contributed by atoms with Gasteiger partial charge in [0.05, 0.1) is 11.2 Å². The van der Waals surface area contributed by atoms with Crippen LogP contribution in [0.4, 0.5) is 10.5 Å². The van der Waals surface area contributed by atoms with Crippen molar-refractivity contribution in [2.24, 2.45) is 5.73 Å². The highest BCUT2D eigenvalue weighted by atomic mass is 16.2. The van der Waals surface area contributed by atoms with Gasteiger partial charge in [-0.05, 0) is 30.8 Å². The predicted molar refractivity (Wildman–Crippen MR) is 109 cm³/mol. The molecule has 1 fully saturated rings. The summed E-state index contributed by atoms with van der Waals surface area (Å²) in [5.41, 5.74) is 9.00. The average molecular weight is 360 g/mol. The van der Waals surface area contributed by atoms with Crippen LogP contribution < -0.4 is 10.6 Å². The molecule has 2 N–H and O–H groups in total. The quantitative estimate of drug-likeness (QED) is 0.780. The number of benzene rings is 2. The highest BCUT2D eigenvalue weighted by molar-refractivity contribution is 5.96. The van der Waals surface area contributed by atoms with Gasteiger partial charge >= 0.3 is 6.03 Å². The zero-order valence-electron chi connectivity index (χ0n) is 15.3. The third-order valence-corrected chi connectivity index (χ3v) is 4.91. The van der Waals surface area contributed by atoms with Crippen molar-refractivity contribution in [3.63, 3.8) is 0 Å². The molecule has 0 unspecified atom stereocenters. The molecule has 4 rings (SSSR count). The Morgan fingerprint density at radius 2 is 1.89 bits per heavy atom. The first-order chi connectivity index (χ1) is 13.1. The molecule has 0 bridgehead atoms. The van der Waals surface area contributed by atoms with Gasteiger partial charge < -0.3 is 15.5 Å². The fraction of sp³-hybridized carbons (Fsp3) is 0.238. The number of fused-ring (bicyclic) bond motifs is 1. The number of anilines is 1. The minimum Gasteiger partial charge on any atom is -0.368 e. The fourth-order valence-corrected chi connectivity index (χ4v) is 3.33. The normalized spacial score (nSPS) is 15.7. The number of nitrogens with two attached hydrogens (primary N) is 1. The van der Waals surface area contributed by atoms with Gasteiger partial charge in [-0.1, -0.05) is 36.4 Å². The fourth-order valence-electron chi connectivity index (χ4n) is 3.33. The highest BCUT2D eigenvalue weighted by Gasteiger charge is 2.18. The van der Waals surface area contributed by atoms with E-state index in [-0.39, 0.29) is 0 Å². The van der Waals surface area contributed by atoms with E-state index in [4.69, 9.17) is 5.73 Å². The van der Waals surface area contributed by atoms with Crippen molar-refractivity contribution in [3.8, 4) is 0 Å². The van der Waals surface area contributed by atoms with E-state index in [1.165, 1.54) is 4.68 Å². The van der Waals surface area contributed by atoms with Gasteiger partial charge in [0.1, 0.15) is 0 Å². The molecule has 27 heavy (non-hydrogen) atoms. The van der Waals surface area contributed by atoms with Gasteiger partial charge in [-0.15, -0.1) is 0 Å². The van der Waals surface area contributed by atoms with E-state index in [1.54, 1.807) is 0 Å². The molecule has 1 aliphatic heterocycles. The minimum absolute atomic E-state index is 0.588. The van der Waals surface area contributed by atoms with Crippen LogP contribution in [0, 0.1) is 6.07 Å². The van der Waals surface area contributed by atoms with Crippen LogP contribution in [-0.4, -0.2) is 53.9 Å². The number of carbonyl (C=O) groups is 1. The van der Waals surface area contributed by atoms with E-state index >= 15 is 0 Å². The molecular formula is C21H22N5O. The Morgan fingerprint density at radius 3 is 2.59 bits per heavy atom. The summed E-state index contributed by atoms with van der Waals surface area (Å²) in [5.74, 6) is 0. The number of rotatable bonds is 3. The molecule has 1 amide bonds. The lowest BCUT2D eigenvalue weighted by Gasteiger charge is -2.33. The van der Waals surface area contributed by atoms with E-state index in [1.807, 2.05) is 54.6 Å². The number of nitrogens with zero attached hydrogens (tertiary/aromatic N) is 4. The van der Waals surface area contributed by atoms with Crippen molar-refractivity contribution in [2.75, 3.05) is 38.1 Å². The van der Waals surface area contributed by atoms with Gasteiger partial charge in [0.15, 0.2) is 0 Å². The molecule has 1 radical (unpaired) electrons. The Kier molecular flexibility index (Phi) is 4.64. The zero-order chi connectivity index (χ0) is 18.8. The number of primary amides is 1. The maximum absolute atomic E-state index is 11.9. The molecule has 6 heteroatoms. The van der Waals surface area contributed by atoms with Gasteiger partial charge in [-0.3, -0.25) is 0 Å². The van der Waals surface area contributed by atoms with Gasteiger partial charge in [0.2, 0.25) is 0 Å². The van der Waals surface area contributed by atoms with Crippen LogP contribution >= 0.6 is 0 Å². The van der Waals surface area contributed by atoms with Crippen molar-refractivity contribution < 1.29 is 4.79 Å². The monoisotopic (exact) mass is 360 g/mol. The van der Waals surface area contributed by atoms with Gasteiger partial charge in [-0.25, -0.2) is 4.79 Å². The molecule has 0 aliphatic carbocycles. The van der Waals surface area contributed by atoms with Crippen molar-refractivity contribution in [2.45, 2.75) is 0 Å². The van der Waals surface area contributed by atoms with E-state index in [9.17, 15) is 4.79 Å². The smallest absolute Gasteiger partial charge is 0.340 e. The van der Waals surface area contributed by atoms with E-state index in [0.717, 1.165) is 42.8 Å². The summed E-state index contributed by atoms with van der Waals surface area (Å²) < 4.78 is 1.27. The molecule has 2 heterocycles. The third kappa shape index (κ3) is 3.57. The van der Waals surface area contributed by atoms with Crippen LogP contribution in [-0.2, 0) is 0 Å². The lowest BCUT2D eigenvalue weighted by atomic mass is 10.1. The Balaban J connectivity index is 1.71. The van der Waals surface area contributed by atoms with Crippen molar-refractivity contribution in [1.82, 2.24) is 14.7 Å². The van der Waals surface area contributed by atoms with Crippen LogP contribution in [0.25, 0.3) is 23.1 Å². The number of amides is 1. The number of likely N-dealkylation sites (N-methyl/N-ethyl adjacent to an activating group) is 1. The van der Waals surface area contributed by atoms with E-state index in [2.05, 4.69) is 28.0 Å². The van der Waals surface area contributed by atoms with Crippen LogP contribution in [0.15, 0.2) is 42.5 Å². The lowest BCUT2D eigenvalue weighted by Crippen LogP contribution is -2.44. The Hall–Kier alpha value is -3.12. The van der Waals surface area contributed by atoms with Gasteiger partial charge in [0, 0.05) is 43.3 Å². The van der Waals surface area contributed by atoms with Crippen molar-refractivity contribution in [1.29, 1.82) is 0 Å². The molecule has 137 valence electrons. The molecular weight excluding hydrogens is 338 g/mol. The average Bonchev–Trinajstić information content (AvgIpc) is 3.06. The van der Waals surface area contributed by atoms with Crippen molar-refractivity contribution in [3.05, 3.63) is 59.8 Å². The second-order valence-electron chi connectivity index (χ2n) is 6.79. The van der Waals surface area contributed by atoms with Crippen LogP contribution in [0.3, 0.4) is 0 Å². The molecule has 1 aromatic heterocycles. The summed E-state index contributed by atoms with van der Waals surface area (Å²) in [6, 6.07) is 16.6. The first kappa shape index (κ1) is 17.3. The standard InChI is InChI=1S/C21H22N5O/c1-24-11-13-25(14-12-24)17-8-9-18-19(10-7-16-5-3-2-4-6-16)23-26(21(22)27)20(18)15-17/h2-7,9-10,15H,11-14H2,1H3,(H2,22,27). The van der Waals surface area contributed by atoms with Gasteiger partial charge in [0.25, 0.3) is 0 Å². The number of aromatic nitrogens is 2. The van der Waals surface area contributed by atoms with E-state index in [0.29, 0.717) is 11.2 Å². The highest BCUT2D eigenvalue weighted by Crippen LogP contribution is 2.26. The number of carbonyl (C=O) groups excluding carboxylic acids is 1. The number of hydrogen-bond donors (Lipinski definition) is 1. The maximum atomic E-state index is 11.9. The summed E-state index contributed by atoms with van der Waals surface area (Å²) in [5, 5.41) is 5.27. The van der Waals surface area contributed by atoms with Crippen LogP contribution in [0.1, 0.15) is 11.3 Å². The van der Waals surface area contributed by atoms with E-state index < -0.39 is 6.03 Å². The second-order valence-corrected chi connectivity index (χ2v) is 6.79. The summed E-state index contributed by atoms with van der Waals surface area (Å²) in [6.45, 7) is 3.88.